The lowest BCUT2D eigenvalue weighted by atomic mass is 10.0. The van der Waals surface area contributed by atoms with E-state index in [1.807, 2.05) is 35.9 Å². The zero-order chi connectivity index (χ0) is 17.3. The number of nitrogens with zero attached hydrogens (tertiary/aromatic N) is 3. The van der Waals surface area contributed by atoms with Crippen LogP contribution in [0.15, 0.2) is 30.3 Å². The molecule has 6 heteroatoms. The molecule has 0 bridgehead atoms. The minimum Gasteiger partial charge on any atom is -0.477 e. The van der Waals surface area contributed by atoms with Gasteiger partial charge in [-0.05, 0) is 31.9 Å². The van der Waals surface area contributed by atoms with Crippen molar-refractivity contribution in [3.05, 3.63) is 47.4 Å². The van der Waals surface area contributed by atoms with Crippen LogP contribution in [-0.4, -0.2) is 31.1 Å². The number of aromatic nitrogens is 4. The van der Waals surface area contributed by atoms with Crippen LogP contribution in [0.2, 0.25) is 0 Å². The van der Waals surface area contributed by atoms with Crippen molar-refractivity contribution >= 4 is 5.97 Å². The number of carboxylic acid groups (broad SMARTS) is 1. The smallest absolute Gasteiger partial charge is 0.353 e. The van der Waals surface area contributed by atoms with Crippen LogP contribution in [0.1, 0.15) is 35.2 Å². The van der Waals surface area contributed by atoms with Crippen molar-refractivity contribution in [2.45, 2.75) is 33.7 Å². The van der Waals surface area contributed by atoms with Crippen LogP contribution in [0.5, 0.6) is 0 Å². The van der Waals surface area contributed by atoms with Crippen LogP contribution in [0.25, 0.3) is 22.4 Å². The van der Waals surface area contributed by atoms with Crippen molar-refractivity contribution in [1.29, 1.82) is 0 Å². The Hall–Kier alpha value is -2.89. The van der Waals surface area contributed by atoms with Gasteiger partial charge in [0.05, 0.1) is 11.4 Å². The Labute approximate surface area is 140 Å². The van der Waals surface area contributed by atoms with E-state index in [2.05, 4.69) is 29.1 Å². The van der Waals surface area contributed by atoms with E-state index in [-0.39, 0.29) is 5.69 Å². The summed E-state index contributed by atoms with van der Waals surface area (Å²) in [5.41, 5.74) is 6.01. The molecule has 6 nitrogen and oxygen atoms in total. The summed E-state index contributed by atoms with van der Waals surface area (Å²) < 4.78 is 2.05. The molecule has 2 aromatic heterocycles. The van der Waals surface area contributed by atoms with Gasteiger partial charge in [0.15, 0.2) is 0 Å². The second-order valence-corrected chi connectivity index (χ2v) is 5.82. The Morgan fingerprint density at radius 1 is 1.21 bits per heavy atom. The molecule has 2 heterocycles. The monoisotopic (exact) mass is 324 g/mol. The van der Waals surface area contributed by atoms with Crippen LogP contribution in [0.3, 0.4) is 0 Å². The van der Waals surface area contributed by atoms with Gasteiger partial charge in [-0.15, -0.1) is 0 Å². The van der Waals surface area contributed by atoms with Gasteiger partial charge < -0.3 is 5.11 Å². The van der Waals surface area contributed by atoms with Crippen molar-refractivity contribution in [1.82, 2.24) is 20.0 Å². The average Bonchev–Trinajstić information content (AvgIpc) is 3.14. The molecule has 0 aliphatic heterocycles. The highest BCUT2D eigenvalue weighted by atomic mass is 16.4. The summed E-state index contributed by atoms with van der Waals surface area (Å²) in [5, 5.41) is 20.2. The fourth-order valence-electron chi connectivity index (χ4n) is 2.93. The highest BCUT2D eigenvalue weighted by Crippen LogP contribution is 2.29. The number of benzene rings is 1. The molecule has 0 fully saturated rings. The van der Waals surface area contributed by atoms with Crippen molar-refractivity contribution in [3.8, 4) is 22.4 Å². The first-order valence-electron chi connectivity index (χ1n) is 7.94. The summed E-state index contributed by atoms with van der Waals surface area (Å²) in [6, 6.07) is 9.49. The zero-order valence-corrected chi connectivity index (χ0v) is 14.0. The van der Waals surface area contributed by atoms with E-state index < -0.39 is 5.97 Å². The third kappa shape index (κ3) is 2.82. The molecule has 24 heavy (non-hydrogen) atoms. The van der Waals surface area contributed by atoms with Crippen molar-refractivity contribution < 1.29 is 9.90 Å². The van der Waals surface area contributed by atoms with Gasteiger partial charge >= 0.3 is 5.97 Å². The molecule has 0 aliphatic carbocycles. The Kier molecular flexibility index (Phi) is 4.20. The molecule has 0 radical (unpaired) electrons. The molecule has 0 amide bonds. The van der Waals surface area contributed by atoms with Crippen LogP contribution in [0.4, 0.5) is 0 Å². The van der Waals surface area contributed by atoms with Crippen molar-refractivity contribution in [2.75, 3.05) is 0 Å². The fraction of sp³-hybridized carbons (Fsp3) is 0.278. The predicted molar refractivity (Wildman–Crippen MR) is 92.0 cm³/mol. The summed E-state index contributed by atoms with van der Waals surface area (Å²) in [6.45, 7) is 7.16. The van der Waals surface area contributed by atoms with Gasteiger partial charge in [-0.25, -0.2) is 4.79 Å². The number of H-pyrrole nitrogens is 1. The maximum Gasteiger partial charge on any atom is 0.353 e. The standard InChI is InChI=1S/C18H20N4O2/c1-4-9-22-12(3)17(11(2)21-22)14-7-5-13(6-8-14)15-10-16(18(23)24)20-19-15/h5-8,10H,4,9H2,1-3H3,(H,19,20)(H,23,24). The van der Waals surface area contributed by atoms with E-state index in [1.165, 1.54) is 6.07 Å². The maximum atomic E-state index is 10.9. The molecular weight excluding hydrogens is 304 g/mol. The summed E-state index contributed by atoms with van der Waals surface area (Å²) in [4.78, 5) is 10.9. The Bertz CT molecular complexity index is 875. The van der Waals surface area contributed by atoms with E-state index in [1.54, 1.807) is 0 Å². The number of aryl methyl sites for hydroxylation is 2. The first-order chi connectivity index (χ1) is 11.5. The number of aromatic amines is 1. The predicted octanol–water partition coefficient (Wildman–Crippen LogP) is 3.67. The van der Waals surface area contributed by atoms with E-state index >= 15 is 0 Å². The normalized spacial score (nSPS) is 11.0. The first kappa shape index (κ1) is 16.0. The van der Waals surface area contributed by atoms with Gasteiger partial charge in [0.25, 0.3) is 0 Å². The Morgan fingerprint density at radius 3 is 2.46 bits per heavy atom. The molecule has 0 saturated heterocycles. The number of aromatic carboxylic acids is 1. The van der Waals surface area contributed by atoms with E-state index in [4.69, 9.17) is 5.11 Å². The number of carbonyl (C=O) groups is 1. The van der Waals surface area contributed by atoms with Gasteiger partial charge in [0.1, 0.15) is 5.69 Å². The summed E-state index contributed by atoms with van der Waals surface area (Å²) >= 11 is 0. The molecule has 3 rings (SSSR count). The number of hydrogen-bond acceptors (Lipinski definition) is 3. The molecule has 0 saturated carbocycles. The lowest BCUT2D eigenvalue weighted by molar-refractivity contribution is 0.0690. The Balaban J connectivity index is 1.93. The molecule has 0 unspecified atom stereocenters. The van der Waals surface area contributed by atoms with Gasteiger partial charge in [-0.2, -0.15) is 10.2 Å². The molecule has 0 atom stereocenters. The van der Waals surface area contributed by atoms with Crippen molar-refractivity contribution in [3.63, 3.8) is 0 Å². The minimum atomic E-state index is -1.01. The van der Waals surface area contributed by atoms with Gasteiger partial charge in [0, 0.05) is 23.4 Å². The van der Waals surface area contributed by atoms with E-state index in [9.17, 15) is 4.79 Å². The molecular formula is C18H20N4O2. The van der Waals surface area contributed by atoms with Crippen LogP contribution in [-0.2, 0) is 6.54 Å². The fourth-order valence-corrected chi connectivity index (χ4v) is 2.93. The first-order valence-corrected chi connectivity index (χ1v) is 7.94. The quantitative estimate of drug-likeness (QED) is 0.750. The molecule has 0 spiro atoms. The minimum absolute atomic E-state index is 0.0848. The highest BCUT2D eigenvalue weighted by molar-refractivity contribution is 5.87. The summed E-state index contributed by atoms with van der Waals surface area (Å²) in [5.74, 6) is -1.01. The zero-order valence-electron chi connectivity index (χ0n) is 14.0. The summed E-state index contributed by atoms with van der Waals surface area (Å²) in [6.07, 6.45) is 1.05. The molecule has 2 N–H and O–H groups in total. The lowest BCUT2D eigenvalue weighted by Crippen LogP contribution is -2.01. The second-order valence-electron chi connectivity index (χ2n) is 5.82. The number of hydrogen-bond donors (Lipinski definition) is 2. The lowest BCUT2D eigenvalue weighted by Gasteiger charge is -2.05. The summed E-state index contributed by atoms with van der Waals surface area (Å²) in [7, 11) is 0. The third-order valence-corrected chi connectivity index (χ3v) is 4.09. The number of carboxylic acids is 1. The second kappa shape index (κ2) is 6.31. The van der Waals surface area contributed by atoms with Crippen LogP contribution in [0, 0.1) is 13.8 Å². The Morgan fingerprint density at radius 2 is 1.88 bits per heavy atom. The largest absolute Gasteiger partial charge is 0.477 e. The number of nitrogens with one attached hydrogen (secondary N) is 1. The molecule has 1 aromatic carbocycles. The third-order valence-electron chi connectivity index (χ3n) is 4.09. The SMILES string of the molecule is CCCn1nc(C)c(-c2ccc(-c3cc(C(=O)O)[nH]n3)cc2)c1C. The van der Waals surface area contributed by atoms with Gasteiger partial charge in [-0.3, -0.25) is 9.78 Å². The van der Waals surface area contributed by atoms with E-state index in [0.717, 1.165) is 41.0 Å². The molecule has 0 aliphatic rings. The highest BCUT2D eigenvalue weighted by Gasteiger charge is 2.14. The van der Waals surface area contributed by atoms with Crippen LogP contribution >= 0.6 is 0 Å². The average molecular weight is 324 g/mol. The molecule has 124 valence electrons. The topological polar surface area (TPSA) is 83.8 Å². The maximum absolute atomic E-state index is 10.9. The van der Waals surface area contributed by atoms with Gasteiger partial charge in [0.2, 0.25) is 0 Å². The van der Waals surface area contributed by atoms with E-state index in [0.29, 0.717) is 5.69 Å². The molecule has 3 aromatic rings. The van der Waals surface area contributed by atoms with Gasteiger partial charge in [-0.1, -0.05) is 31.2 Å². The number of rotatable bonds is 5. The van der Waals surface area contributed by atoms with Crippen LogP contribution < -0.4 is 0 Å². The van der Waals surface area contributed by atoms with Crippen molar-refractivity contribution in [2.24, 2.45) is 0 Å².